The van der Waals surface area contributed by atoms with Crippen LogP contribution >= 0.6 is 0 Å². The Balaban J connectivity index is 2.18. The molecule has 2 aromatic rings. The first kappa shape index (κ1) is 16.7. The second-order valence-electron chi connectivity index (χ2n) is 5.19. The smallest absolute Gasteiger partial charge is 0.329 e. The first-order chi connectivity index (χ1) is 11.0. The number of carbonyl (C=O) groups excluding carboxylic acids is 3. The fraction of sp³-hybridized carbons (Fsp3) is 0.278. The third-order valence-corrected chi connectivity index (χ3v) is 3.41. The van der Waals surface area contributed by atoms with Gasteiger partial charge in [-0.15, -0.1) is 0 Å². The Morgan fingerprint density at radius 2 is 1.78 bits per heavy atom. The van der Waals surface area contributed by atoms with Crippen LogP contribution in [0.1, 0.15) is 30.6 Å². The molecule has 1 atom stereocenters. The molecule has 0 heterocycles. The molecule has 120 valence electrons. The predicted molar refractivity (Wildman–Crippen MR) is 87.1 cm³/mol. The summed E-state index contributed by atoms with van der Waals surface area (Å²) in [6, 6.07) is 12.1. The van der Waals surface area contributed by atoms with E-state index in [9.17, 15) is 14.4 Å². The van der Waals surface area contributed by atoms with Crippen LogP contribution in [0.4, 0.5) is 0 Å². The van der Waals surface area contributed by atoms with Gasteiger partial charge in [0.15, 0.2) is 5.78 Å². The first-order valence-corrected chi connectivity index (χ1v) is 7.47. The van der Waals surface area contributed by atoms with Gasteiger partial charge in [-0.1, -0.05) is 36.4 Å². The second-order valence-corrected chi connectivity index (χ2v) is 5.19. The Morgan fingerprint density at radius 3 is 2.43 bits per heavy atom. The van der Waals surface area contributed by atoms with Crippen molar-refractivity contribution in [1.82, 2.24) is 5.32 Å². The lowest BCUT2D eigenvalue weighted by molar-refractivity contribution is -0.147. The van der Waals surface area contributed by atoms with Crippen molar-refractivity contribution in [2.75, 3.05) is 6.61 Å². The zero-order valence-electron chi connectivity index (χ0n) is 13.2. The number of fused-ring (bicyclic) bond motifs is 1. The maximum absolute atomic E-state index is 12.4. The molecule has 0 fully saturated rings. The number of ketones is 1. The van der Waals surface area contributed by atoms with Gasteiger partial charge in [-0.2, -0.15) is 0 Å². The van der Waals surface area contributed by atoms with Gasteiger partial charge in [-0.3, -0.25) is 9.59 Å². The van der Waals surface area contributed by atoms with E-state index >= 15 is 0 Å². The van der Waals surface area contributed by atoms with Crippen LogP contribution < -0.4 is 5.32 Å². The summed E-state index contributed by atoms with van der Waals surface area (Å²) in [7, 11) is 0. The number of carbonyl (C=O) groups is 3. The van der Waals surface area contributed by atoms with Crippen LogP contribution in [0.25, 0.3) is 10.8 Å². The number of Topliss-reactive ketones (excluding diaryl/α,β-unsaturated/α-hetero) is 1. The summed E-state index contributed by atoms with van der Waals surface area (Å²) in [4.78, 5) is 35.5. The fourth-order valence-electron chi connectivity index (χ4n) is 2.35. The summed E-state index contributed by atoms with van der Waals surface area (Å²) < 4.78 is 4.91. The van der Waals surface area contributed by atoms with E-state index in [4.69, 9.17) is 4.74 Å². The van der Waals surface area contributed by atoms with Gasteiger partial charge in [0.05, 0.1) is 6.61 Å². The SMILES string of the molecule is CCOC(=O)[C@@H](CC(=O)c1ccc2ccccc2c1)NC(C)=O. The highest BCUT2D eigenvalue weighted by Gasteiger charge is 2.24. The summed E-state index contributed by atoms with van der Waals surface area (Å²) in [5.74, 6) is -1.20. The Bertz CT molecular complexity index is 739. The quantitative estimate of drug-likeness (QED) is 0.657. The molecule has 0 radical (unpaired) electrons. The van der Waals surface area contributed by atoms with E-state index in [1.807, 2.05) is 30.3 Å². The van der Waals surface area contributed by atoms with Gasteiger partial charge < -0.3 is 10.1 Å². The maximum atomic E-state index is 12.4. The third-order valence-electron chi connectivity index (χ3n) is 3.41. The monoisotopic (exact) mass is 313 g/mol. The first-order valence-electron chi connectivity index (χ1n) is 7.47. The molecule has 2 rings (SSSR count). The highest BCUT2D eigenvalue weighted by Crippen LogP contribution is 2.17. The van der Waals surface area contributed by atoms with Crippen molar-refractivity contribution < 1.29 is 19.1 Å². The lowest BCUT2D eigenvalue weighted by atomic mass is 10.00. The third kappa shape index (κ3) is 4.39. The van der Waals surface area contributed by atoms with E-state index in [-0.39, 0.29) is 24.7 Å². The average molecular weight is 313 g/mol. The minimum Gasteiger partial charge on any atom is -0.464 e. The molecule has 0 bridgehead atoms. The molecular formula is C18H19NO4. The zero-order valence-corrected chi connectivity index (χ0v) is 13.2. The van der Waals surface area contributed by atoms with Crippen molar-refractivity contribution in [1.29, 1.82) is 0 Å². The Morgan fingerprint density at radius 1 is 1.09 bits per heavy atom. The van der Waals surface area contributed by atoms with E-state index in [0.717, 1.165) is 10.8 Å². The van der Waals surface area contributed by atoms with Crippen LogP contribution in [0.5, 0.6) is 0 Å². The normalized spacial score (nSPS) is 11.7. The van der Waals surface area contributed by atoms with Crippen molar-refractivity contribution >= 4 is 28.4 Å². The van der Waals surface area contributed by atoms with Gasteiger partial charge in [-0.25, -0.2) is 4.79 Å². The second kappa shape index (κ2) is 7.54. The van der Waals surface area contributed by atoms with E-state index < -0.39 is 12.0 Å². The highest BCUT2D eigenvalue weighted by molar-refractivity contribution is 6.02. The van der Waals surface area contributed by atoms with Crippen molar-refractivity contribution in [2.24, 2.45) is 0 Å². The fourth-order valence-corrected chi connectivity index (χ4v) is 2.35. The standard InChI is InChI=1S/C18H19NO4/c1-3-23-18(22)16(19-12(2)20)11-17(21)15-9-8-13-6-4-5-7-14(13)10-15/h4-10,16H,3,11H2,1-2H3,(H,19,20)/t16-/m1/s1. The van der Waals surface area contributed by atoms with Gasteiger partial charge in [0.25, 0.3) is 0 Å². The Labute approximate surface area is 134 Å². The van der Waals surface area contributed by atoms with E-state index in [0.29, 0.717) is 5.56 Å². The van der Waals surface area contributed by atoms with Gasteiger partial charge in [0, 0.05) is 18.9 Å². The molecule has 0 aliphatic heterocycles. The van der Waals surface area contributed by atoms with Crippen LogP contribution in [0.3, 0.4) is 0 Å². The molecule has 2 aromatic carbocycles. The number of hydrogen-bond acceptors (Lipinski definition) is 4. The molecule has 0 aliphatic rings. The molecule has 0 spiro atoms. The minimum atomic E-state index is -0.966. The molecule has 5 heteroatoms. The van der Waals surface area contributed by atoms with Crippen molar-refractivity contribution in [3.8, 4) is 0 Å². The number of ether oxygens (including phenoxy) is 1. The number of amides is 1. The Kier molecular flexibility index (Phi) is 5.46. The van der Waals surface area contributed by atoms with Crippen LogP contribution in [0, 0.1) is 0 Å². The van der Waals surface area contributed by atoms with Crippen LogP contribution in [-0.2, 0) is 14.3 Å². The Hall–Kier alpha value is -2.69. The van der Waals surface area contributed by atoms with Crippen LogP contribution in [0.15, 0.2) is 42.5 Å². The van der Waals surface area contributed by atoms with E-state index in [1.165, 1.54) is 6.92 Å². The lowest BCUT2D eigenvalue weighted by Gasteiger charge is -2.15. The number of hydrogen-bond donors (Lipinski definition) is 1. The van der Waals surface area contributed by atoms with E-state index in [1.54, 1.807) is 19.1 Å². The van der Waals surface area contributed by atoms with Gasteiger partial charge in [0.2, 0.25) is 5.91 Å². The molecule has 5 nitrogen and oxygen atoms in total. The molecular weight excluding hydrogens is 294 g/mol. The van der Waals surface area contributed by atoms with Crippen molar-refractivity contribution in [3.63, 3.8) is 0 Å². The zero-order chi connectivity index (χ0) is 16.8. The van der Waals surface area contributed by atoms with Gasteiger partial charge >= 0.3 is 5.97 Å². The highest BCUT2D eigenvalue weighted by atomic mass is 16.5. The maximum Gasteiger partial charge on any atom is 0.329 e. The number of nitrogens with one attached hydrogen (secondary N) is 1. The molecule has 0 saturated heterocycles. The topological polar surface area (TPSA) is 72.5 Å². The van der Waals surface area contributed by atoms with Gasteiger partial charge in [-0.05, 0) is 23.8 Å². The van der Waals surface area contributed by atoms with Gasteiger partial charge in [0.1, 0.15) is 6.04 Å². The summed E-state index contributed by atoms with van der Waals surface area (Å²) in [5.41, 5.74) is 0.503. The van der Waals surface area contributed by atoms with E-state index in [2.05, 4.69) is 5.32 Å². The van der Waals surface area contributed by atoms with Crippen molar-refractivity contribution in [3.05, 3.63) is 48.0 Å². The number of benzene rings is 2. The average Bonchev–Trinajstić information content (AvgIpc) is 2.53. The molecule has 0 aromatic heterocycles. The molecule has 1 amide bonds. The number of esters is 1. The predicted octanol–water partition coefficient (Wildman–Crippen LogP) is 2.48. The minimum absolute atomic E-state index is 0.128. The molecule has 23 heavy (non-hydrogen) atoms. The van der Waals surface area contributed by atoms with Crippen LogP contribution in [-0.4, -0.2) is 30.3 Å². The summed E-state index contributed by atoms with van der Waals surface area (Å²) in [6.07, 6.45) is -0.128. The lowest BCUT2D eigenvalue weighted by Crippen LogP contribution is -2.42. The summed E-state index contributed by atoms with van der Waals surface area (Å²) >= 11 is 0. The molecule has 1 N–H and O–H groups in total. The molecule has 0 saturated carbocycles. The summed E-state index contributed by atoms with van der Waals surface area (Å²) in [6.45, 7) is 3.17. The number of rotatable bonds is 6. The van der Waals surface area contributed by atoms with Crippen LogP contribution in [0.2, 0.25) is 0 Å². The molecule has 0 unspecified atom stereocenters. The van der Waals surface area contributed by atoms with Crippen molar-refractivity contribution in [2.45, 2.75) is 26.3 Å². The largest absolute Gasteiger partial charge is 0.464 e. The molecule has 0 aliphatic carbocycles. The summed E-state index contributed by atoms with van der Waals surface area (Å²) in [5, 5.41) is 4.45.